The van der Waals surface area contributed by atoms with Gasteiger partial charge in [-0.3, -0.25) is 14.9 Å². The number of aryl methyl sites for hydroxylation is 1. The minimum absolute atomic E-state index is 0.0467. The van der Waals surface area contributed by atoms with Crippen LogP contribution >= 0.6 is 11.6 Å². The largest absolute Gasteiger partial charge is 0.376 e. The summed E-state index contributed by atoms with van der Waals surface area (Å²) in [4.78, 5) is 23.0. The molecule has 7 heteroatoms. The Labute approximate surface area is 110 Å². The molecule has 0 fully saturated rings. The number of hydrogen-bond donors (Lipinski definition) is 1. The first-order valence-electron chi connectivity index (χ1n) is 5.21. The highest BCUT2D eigenvalue weighted by Crippen LogP contribution is 2.30. The van der Waals surface area contributed by atoms with E-state index in [9.17, 15) is 14.9 Å². The molecule has 0 spiro atoms. The van der Waals surface area contributed by atoms with Crippen LogP contribution in [-0.2, 0) is 4.79 Å². The number of nitrogens with one attached hydrogen (secondary N) is 1. The lowest BCUT2D eigenvalue weighted by atomic mass is 10.1. The molecule has 18 heavy (non-hydrogen) atoms. The predicted octanol–water partition coefficient (Wildman–Crippen LogP) is 2.06. The van der Waals surface area contributed by atoms with E-state index in [0.29, 0.717) is 11.3 Å². The fraction of sp³-hybridized carbons (Fsp3) is 0.364. The first-order valence-corrected chi connectivity index (χ1v) is 5.59. The third kappa shape index (κ3) is 3.33. The van der Waals surface area contributed by atoms with E-state index in [1.54, 1.807) is 21.0 Å². The van der Waals surface area contributed by atoms with Crippen molar-refractivity contribution in [3.63, 3.8) is 0 Å². The van der Waals surface area contributed by atoms with Crippen LogP contribution < -0.4 is 5.32 Å². The topological polar surface area (TPSA) is 75.5 Å². The monoisotopic (exact) mass is 271 g/mol. The van der Waals surface area contributed by atoms with Gasteiger partial charge < -0.3 is 10.2 Å². The van der Waals surface area contributed by atoms with Gasteiger partial charge in [-0.2, -0.15) is 0 Å². The quantitative estimate of drug-likeness (QED) is 0.672. The zero-order valence-electron chi connectivity index (χ0n) is 10.4. The number of carbonyl (C=O) groups is 1. The molecule has 1 amide bonds. The molecule has 6 nitrogen and oxygen atoms in total. The van der Waals surface area contributed by atoms with Crippen molar-refractivity contribution in [2.24, 2.45) is 0 Å². The Balaban J connectivity index is 2.89. The second-order valence-electron chi connectivity index (χ2n) is 4.02. The second-order valence-corrected chi connectivity index (χ2v) is 4.42. The third-order valence-electron chi connectivity index (χ3n) is 2.42. The summed E-state index contributed by atoms with van der Waals surface area (Å²) in [5.41, 5.74) is 1.14. The first-order chi connectivity index (χ1) is 8.32. The highest BCUT2D eigenvalue weighted by Gasteiger charge is 2.15. The molecular formula is C11H14ClN3O3. The number of amides is 1. The van der Waals surface area contributed by atoms with Crippen LogP contribution in [0.4, 0.5) is 11.4 Å². The van der Waals surface area contributed by atoms with Crippen molar-refractivity contribution in [1.82, 2.24) is 4.90 Å². The summed E-state index contributed by atoms with van der Waals surface area (Å²) in [7, 11) is 3.30. The molecule has 0 atom stereocenters. The lowest BCUT2D eigenvalue weighted by molar-refractivity contribution is -0.384. The smallest absolute Gasteiger partial charge is 0.288 e. The van der Waals surface area contributed by atoms with Gasteiger partial charge in [-0.1, -0.05) is 11.6 Å². The maximum Gasteiger partial charge on any atom is 0.288 e. The molecule has 0 aliphatic carbocycles. The zero-order chi connectivity index (χ0) is 13.9. The molecule has 0 bridgehead atoms. The SMILES string of the molecule is Cc1cc([N+](=O)[O-])c(Cl)cc1NCC(=O)N(C)C. The van der Waals surface area contributed by atoms with Gasteiger partial charge in [-0.15, -0.1) is 0 Å². The number of nitro groups is 1. The average Bonchev–Trinajstić information content (AvgIpc) is 2.28. The van der Waals surface area contributed by atoms with E-state index in [1.807, 2.05) is 0 Å². The number of nitrogens with zero attached hydrogens (tertiary/aromatic N) is 2. The van der Waals surface area contributed by atoms with Crippen LogP contribution in [0, 0.1) is 17.0 Å². The van der Waals surface area contributed by atoms with Gasteiger partial charge in [0, 0.05) is 25.8 Å². The minimum Gasteiger partial charge on any atom is -0.376 e. The lowest BCUT2D eigenvalue weighted by Crippen LogP contribution is -2.28. The van der Waals surface area contributed by atoms with Gasteiger partial charge in [0.1, 0.15) is 5.02 Å². The molecule has 1 aromatic rings. The van der Waals surface area contributed by atoms with Crippen molar-refractivity contribution in [2.75, 3.05) is 26.0 Å². The number of hydrogen-bond acceptors (Lipinski definition) is 4. The minimum atomic E-state index is -0.538. The molecular weight excluding hydrogens is 258 g/mol. The van der Waals surface area contributed by atoms with Gasteiger partial charge in [0.15, 0.2) is 0 Å². The lowest BCUT2D eigenvalue weighted by Gasteiger charge is -2.13. The van der Waals surface area contributed by atoms with Crippen LogP contribution in [0.2, 0.25) is 5.02 Å². The molecule has 0 unspecified atom stereocenters. The van der Waals surface area contributed by atoms with Crippen LogP contribution in [0.3, 0.4) is 0 Å². The normalized spacial score (nSPS) is 10.0. The number of halogens is 1. The van der Waals surface area contributed by atoms with E-state index in [2.05, 4.69) is 5.32 Å². The van der Waals surface area contributed by atoms with Crippen molar-refractivity contribution in [2.45, 2.75) is 6.92 Å². The summed E-state index contributed by atoms with van der Waals surface area (Å²) in [6.07, 6.45) is 0. The number of benzene rings is 1. The average molecular weight is 272 g/mol. The van der Waals surface area contributed by atoms with Gasteiger partial charge in [0.05, 0.1) is 11.5 Å². The van der Waals surface area contributed by atoms with Crippen LogP contribution in [0.5, 0.6) is 0 Å². The highest BCUT2D eigenvalue weighted by molar-refractivity contribution is 6.33. The summed E-state index contributed by atoms with van der Waals surface area (Å²) >= 11 is 5.80. The van der Waals surface area contributed by atoms with Gasteiger partial charge in [-0.05, 0) is 18.6 Å². The van der Waals surface area contributed by atoms with E-state index in [4.69, 9.17) is 11.6 Å². The van der Waals surface area contributed by atoms with Crippen LogP contribution in [0.25, 0.3) is 0 Å². The van der Waals surface area contributed by atoms with Crippen molar-refractivity contribution in [1.29, 1.82) is 0 Å². The van der Waals surface area contributed by atoms with E-state index in [0.717, 1.165) is 0 Å². The summed E-state index contributed by atoms with van der Waals surface area (Å²) in [6, 6.07) is 2.84. The number of carbonyl (C=O) groups excluding carboxylic acids is 1. The third-order valence-corrected chi connectivity index (χ3v) is 2.72. The standard InChI is InChI=1S/C11H14ClN3O3/c1-7-4-10(15(17)18)8(12)5-9(7)13-6-11(16)14(2)3/h4-5,13H,6H2,1-3H3. The van der Waals surface area contributed by atoms with Crippen LogP contribution in [0.15, 0.2) is 12.1 Å². The molecule has 0 saturated heterocycles. The maximum absolute atomic E-state index is 11.4. The van der Waals surface area contributed by atoms with E-state index in [1.165, 1.54) is 17.0 Å². The molecule has 0 saturated carbocycles. The van der Waals surface area contributed by atoms with E-state index in [-0.39, 0.29) is 23.2 Å². The van der Waals surface area contributed by atoms with E-state index < -0.39 is 4.92 Å². The Kier molecular flexibility index (Phi) is 4.49. The van der Waals surface area contributed by atoms with Gasteiger partial charge in [-0.25, -0.2) is 0 Å². The molecule has 0 aliphatic rings. The second kappa shape index (κ2) is 5.68. The van der Waals surface area contributed by atoms with Gasteiger partial charge in [0.25, 0.3) is 5.69 Å². The summed E-state index contributed by atoms with van der Waals surface area (Å²) in [5, 5.41) is 13.6. The summed E-state index contributed by atoms with van der Waals surface area (Å²) in [6.45, 7) is 1.83. The Bertz CT molecular complexity index is 489. The Morgan fingerprint density at radius 3 is 2.61 bits per heavy atom. The summed E-state index contributed by atoms with van der Waals surface area (Å²) < 4.78 is 0. The molecule has 0 radical (unpaired) electrons. The zero-order valence-corrected chi connectivity index (χ0v) is 11.1. The molecule has 98 valence electrons. The van der Waals surface area contributed by atoms with Crippen molar-refractivity contribution in [3.05, 3.63) is 32.8 Å². The fourth-order valence-corrected chi connectivity index (χ4v) is 1.56. The number of anilines is 1. The molecule has 0 aliphatic heterocycles. The highest BCUT2D eigenvalue weighted by atomic mass is 35.5. The Morgan fingerprint density at radius 1 is 1.50 bits per heavy atom. The number of nitro benzene ring substituents is 1. The predicted molar refractivity (Wildman–Crippen MR) is 70.0 cm³/mol. The number of rotatable bonds is 4. The Morgan fingerprint density at radius 2 is 2.11 bits per heavy atom. The van der Waals surface area contributed by atoms with Crippen molar-refractivity contribution >= 4 is 28.9 Å². The molecule has 1 N–H and O–H groups in total. The Hall–Kier alpha value is -1.82. The van der Waals surface area contributed by atoms with Gasteiger partial charge >= 0.3 is 0 Å². The van der Waals surface area contributed by atoms with Crippen LogP contribution in [-0.4, -0.2) is 36.4 Å². The van der Waals surface area contributed by atoms with Crippen molar-refractivity contribution < 1.29 is 9.72 Å². The van der Waals surface area contributed by atoms with Gasteiger partial charge in [0.2, 0.25) is 5.91 Å². The first kappa shape index (κ1) is 14.2. The summed E-state index contributed by atoms with van der Waals surface area (Å²) in [5.74, 6) is -0.0936. The van der Waals surface area contributed by atoms with Crippen molar-refractivity contribution in [3.8, 4) is 0 Å². The molecule has 0 heterocycles. The number of likely N-dealkylation sites (N-methyl/N-ethyl adjacent to an activating group) is 1. The molecule has 1 rings (SSSR count). The maximum atomic E-state index is 11.4. The molecule has 1 aromatic carbocycles. The van der Waals surface area contributed by atoms with E-state index >= 15 is 0 Å². The fourth-order valence-electron chi connectivity index (χ4n) is 1.33. The molecule has 0 aromatic heterocycles. The van der Waals surface area contributed by atoms with Crippen LogP contribution in [0.1, 0.15) is 5.56 Å².